The molecule has 1 atom stereocenters. The highest BCUT2D eigenvalue weighted by atomic mass is 16.2. The van der Waals surface area contributed by atoms with E-state index in [0.29, 0.717) is 13.0 Å². The van der Waals surface area contributed by atoms with Gasteiger partial charge in [0, 0.05) is 25.2 Å². The lowest BCUT2D eigenvalue weighted by Crippen LogP contribution is -2.38. The lowest BCUT2D eigenvalue weighted by Gasteiger charge is -2.18. The summed E-state index contributed by atoms with van der Waals surface area (Å²) in [6.07, 6.45) is 2.96. The van der Waals surface area contributed by atoms with Crippen molar-refractivity contribution in [1.29, 1.82) is 0 Å². The zero-order valence-corrected chi connectivity index (χ0v) is 16.2. The Morgan fingerprint density at radius 1 is 1.14 bits per heavy atom. The van der Waals surface area contributed by atoms with Crippen LogP contribution < -0.4 is 16.0 Å². The Labute approximate surface area is 165 Å². The minimum atomic E-state index is -0.156. The maximum absolute atomic E-state index is 12.3. The normalized spacial score (nSPS) is 14.0. The quantitative estimate of drug-likeness (QED) is 0.627. The van der Waals surface area contributed by atoms with Gasteiger partial charge >= 0.3 is 6.03 Å². The highest BCUT2D eigenvalue weighted by Gasteiger charge is 2.12. The SMILES string of the molecule is C[C@@H](NC(=O)NCCc1ccc2c(n1)NCCC2)c1ccc2ccccc2c1. The van der Waals surface area contributed by atoms with E-state index in [4.69, 9.17) is 0 Å². The third-order valence-corrected chi connectivity index (χ3v) is 5.24. The number of fused-ring (bicyclic) bond motifs is 2. The van der Waals surface area contributed by atoms with Gasteiger partial charge < -0.3 is 16.0 Å². The smallest absolute Gasteiger partial charge is 0.315 e. The van der Waals surface area contributed by atoms with Crippen LogP contribution in [0.4, 0.5) is 10.6 Å². The first-order valence-electron chi connectivity index (χ1n) is 9.95. The number of aryl methyl sites for hydroxylation is 1. The summed E-state index contributed by atoms with van der Waals surface area (Å²) in [7, 11) is 0. The predicted octanol–water partition coefficient (Wildman–Crippen LogP) is 4.20. The van der Waals surface area contributed by atoms with Crippen molar-refractivity contribution in [1.82, 2.24) is 15.6 Å². The summed E-state index contributed by atoms with van der Waals surface area (Å²) in [4.78, 5) is 16.9. The molecule has 0 saturated carbocycles. The third kappa shape index (κ3) is 4.25. The summed E-state index contributed by atoms with van der Waals surface area (Å²) in [5, 5.41) is 11.7. The van der Waals surface area contributed by atoms with Crippen molar-refractivity contribution in [3.63, 3.8) is 0 Å². The van der Waals surface area contributed by atoms with Crippen LogP contribution in [0.1, 0.15) is 36.2 Å². The standard InChI is InChI=1S/C23H26N4O/c1-16(19-9-8-17-5-2-3-6-20(17)15-19)26-23(28)25-14-12-21-11-10-18-7-4-13-24-22(18)27-21/h2-3,5-6,8-11,15-16H,4,7,12-14H2,1H3,(H,24,27)(H2,25,26,28)/t16-/m1/s1. The molecule has 1 aliphatic heterocycles. The van der Waals surface area contributed by atoms with Gasteiger partial charge in [-0.25, -0.2) is 9.78 Å². The number of hydrogen-bond acceptors (Lipinski definition) is 3. The summed E-state index contributed by atoms with van der Waals surface area (Å²) < 4.78 is 0. The predicted molar refractivity (Wildman–Crippen MR) is 114 cm³/mol. The fourth-order valence-electron chi connectivity index (χ4n) is 3.62. The number of carbonyl (C=O) groups is 1. The fourth-order valence-corrected chi connectivity index (χ4v) is 3.62. The van der Waals surface area contributed by atoms with E-state index in [1.807, 2.05) is 19.1 Å². The molecular weight excluding hydrogens is 348 g/mol. The highest BCUT2D eigenvalue weighted by Crippen LogP contribution is 2.21. The van der Waals surface area contributed by atoms with E-state index in [2.05, 4.69) is 63.4 Å². The van der Waals surface area contributed by atoms with Gasteiger partial charge in [0.15, 0.2) is 0 Å². The van der Waals surface area contributed by atoms with E-state index in [-0.39, 0.29) is 12.1 Å². The molecule has 2 amide bonds. The molecule has 3 N–H and O–H groups in total. The molecule has 5 heteroatoms. The Kier molecular flexibility index (Phi) is 5.42. The van der Waals surface area contributed by atoms with Crippen LogP contribution in [0.2, 0.25) is 0 Å². The van der Waals surface area contributed by atoms with Gasteiger partial charge in [0.2, 0.25) is 0 Å². The van der Waals surface area contributed by atoms with Gasteiger partial charge in [-0.1, -0.05) is 42.5 Å². The Hall–Kier alpha value is -3.08. The number of anilines is 1. The largest absolute Gasteiger partial charge is 0.370 e. The average molecular weight is 374 g/mol. The first-order valence-corrected chi connectivity index (χ1v) is 9.95. The number of rotatable bonds is 5. The molecule has 4 rings (SSSR count). The van der Waals surface area contributed by atoms with Crippen LogP contribution in [-0.2, 0) is 12.8 Å². The number of nitrogens with one attached hydrogen (secondary N) is 3. The zero-order valence-electron chi connectivity index (χ0n) is 16.2. The molecule has 1 aliphatic rings. The number of aromatic nitrogens is 1. The Bertz CT molecular complexity index is 985. The Morgan fingerprint density at radius 2 is 2.00 bits per heavy atom. The van der Waals surface area contributed by atoms with Crippen molar-refractivity contribution < 1.29 is 4.79 Å². The maximum Gasteiger partial charge on any atom is 0.315 e. The first-order chi connectivity index (χ1) is 13.7. The molecular formula is C23H26N4O. The van der Waals surface area contributed by atoms with E-state index >= 15 is 0 Å². The number of benzene rings is 2. The highest BCUT2D eigenvalue weighted by molar-refractivity contribution is 5.83. The minimum absolute atomic E-state index is 0.0596. The van der Waals surface area contributed by atoms with Gasteiger partial charge in [-0.2, -0.15) is 0 Å². The van der Waals surface area contributed by atoms with Gasteiger partial charge in [-0.05, 0) is 53.8 Å². The average Bonchev–Trinajstić information content (AvgIpc) is 2.73. The molecule has 2 aromatic carbocycles. The minimum Gasteiger partial charge on any atom is -0.370 e. The molecule has 28 heavy (non-hydrogen) atoms. The lowest BCUT2D eigenvalue weighted by atomic mass is 10.0. The Morgan fingerprint density at radius 3 is 2.89 bits per heavy atom. The molecule has 0 aliphatic carbocycles. The van der Waals surface area contributed by atoms with Crippen molar-refractivity contribution >= 4 is 22.6 Å². The lowest BCUT2D eigenvalue weighted by molar-refractivity contribution is 0.238. The van der Waals surface area contributed by atoms with E-state index in [1.165, 1.54) is 16.3 Å². The summed E-state index contributed by atoms with van der Waals surface area (Å²) in [5.41, 5.74) is 3.37. The second-order valence-corrected chi connectivity index (χ2v) is 7.32. The second kappa shape index (κ2) is 8.30. The second-order valence-electron chi connectivity index (χ2n) is 7.32. The molecule has 0 unspecified atom stereocenters. The molecule has 0 bridgehead atoms. The van der Waals surface area contributed by atoms with Gasteiger partial charge in [-0.15, -0.1) is 0 Å². The molecule has 1 aromatic heterocycles. The molecule has 0 radical (unpaired) electrons. The number of amides is 2. The van der Waals surface area contributed by atoms with E-state index in [9.17, 15) is 4.79 Å². The topological polar surface area (TPSA) is 66.0 Å². The monoisotopic (exact) mass is 374 g/mol. The number of urea groups is 1. The third-order valence-electron chi connectivity index (χ3n) is 5.24. The molecule has 144 valence electrons. The molecule has 2 heterocycles. The maximum atomic E-state index is 12.3. The van der Waals surface area contributed by atoms with Crippen molar-refractivity contribution in [2.24, 2.45) is 0 Å². The van der Waals surface area contributed by atoms with E-state index in [1.54, 1.807) is 0 Å². The van der Waals surface area contributed by atoms with E-state index in [0.717, 1.165) is 36.5 Å². The van der Waals surface area contributed by atoms with Gasteiger partial charge in [0.1, 0.15) is 5.82 Å². The van der Waals surface area contributed by atoms with Crippen LogP contribution in [0.3, 0.4) is 0 Å². The van der Waals surface area contributed by atoms with Crippen LogP contribution in [0.25, 0.3) is 10.8 Å². The summed E-state index contributed by atoms with van der Waals surface area (Å²) in [5.74, 6) is 0.998. The number of carbonyl (C=O) groups excluding carboxylic acids is 1. The van der Waals surface area contributed by atoms with E-state index < -0.39 is 0 Å². The van der Waals surface area contributed by atoms with Gasteiger partial charge in [0.25, 0.3) is 0 Å². The van der Waals surface area contributed by atoms with Gasteiger partial charge in [0.05, 0.1) is 6.04 Å². The number of nitrogens with zero attached hydrogens (tertiary/aromatic N) is 1. The van der Waals surface area contributed by atoms with Crippen LogP contribution >= 0.6 is 0 Å². The fraction of sp³-hybridized carbons (Fsp3) is 0.304. The summed E-state index contributed by atoms with van der Waals surface area (Å²) in [6, 6.07) is 18.5. The molecule has 0 fully saturated rings. The van der Waals surface area contributed by atoms with Crippen LogP contribution in [-0.4, -0.2) is 24.1 Å². The van der Waals surface area contributed by atoms with Crippen LogP contribution in [0.15, 0.2) is 54.6 Å². The van der Waals surface area contributed by atoms with Crippen molar-refractivity contribution in [3.8, 4) is 0 Å². The van der Waals surface area contributed by atoms with Crippen molar-refractivity contribution in [2.45, 2.75) is 32.2 Å². The van der Waals surface area contributed by atoms with Gasteiger partial charge in [-0.3, -0.25) is 0 Å². The van der Waals surface area contributed by atoms with Crippen molar-refractivity contribution in [2.75, 3.05) is 18.4 Å². The zero-order chi connectivity index (χ0) is 19.3. The molecule has 0 spiro atoms. The molecule has 3 aromatic rings. The summed E-state index contributed by atoms with van der Waals surface area (Å²) in [6.45, 7) is 3.54. The van der Waals surface area contributed by atoms with Crippen molar-refractivity contribution in [3.05, 3.63) is 71.4 Å². The van der Waals surface area contributed by atoms with Crippen LogP contribution in [0, 0.1) is 0 Å². The summed E-state index contributed by atoms with van der Waals surface area (Å²) >= 11 is 0. The van der Waals surface area contributed by atoms with Crippen LogP contribution in [0.5, 0.6) is 0 Å². The first kappa shape index (κ1) is 18.3. The Balaban J connectivity index is 1.29. The number of pyridine rings is 1. The molecule has 0 saturated heterocycles. The molecule has 5 nitrogen and oxygen atoms in total. The number of hydrogen-bond donors (Lipinski definition) is 3.